The highest BCUT2D eigenvalue weighted by Crippen LogP contribution is 2.07. The summed E-state index contributed by atoms with van der Waals surface area (Å²) in [4.78, 5) is 6.14. The first-order valence-electron chi connectivity index (χ1n) is 5.46. The van der Waals surface area contributed by atoms with Crippen LogP contribution in [0.1, 0.15) is 12.6 Å². The van der Waals surface area contributed by atoms with Crippen molar-refractivity contribution in [1.29, 1.82) is 10.5 Å². The standard InChI is InChI=1S/C12H15N5/c1-2-15-12-5-3-4-11(16-12)10-17(8-6-13)9-7-14/h3-5H,2,8-10H2,1H3,(H,15,16). The second-order valence-corrected chi connectivity index (χ2v) is 3.51. The molecule has 0 amide bonds. The number of hydrogen-bond acceptors (Lipinski definition) is 5. The molecule has 1 rings (SSSR count). The first kappa shape index (κ1) is 13.0. The van der Waals surface area contributed by atoms with E-state index in [1.807, 2.05) is 37.3 Å². The number of nitriles is 2. The summed E-state index contributed by atoms with van der Waals surface area (Å²) in [6.45, 7) is 3.81. The van der Waals surface area contributed by atoms with Crippen LogP contribution in [0.2, 0.25) is 0 Å². The number of pyridine rings is 1. The average Bonchev–Trinajstić information content (AvgIpc) is 2.30. The molecule has 1 aromatic heterocycles. The van der Waals surface area contributed by atoms with Crippen molar-refractivity contribution in [2.45, 2.75) is 13.5 Å². The second-order valence-electron chi connectivity index (χ2n) is 3.51. The van der Waals surface area contributed by atoms with Crippen LogP contribution in [-0.2, 0) is 6.54 Å². The highest BCUT2D eigenvalue weighted by atomic mass is 15.1. The fourth-order valence-electron chi connectivity index (χ4n) is 1.44. The SMILES string of the molecule is CCNc1cccc(CN(CC#N)CC#N)n1. The summed E-state index contributed by atoms with van der Waals surface area (Å²) in [5.41, 5.74) is 0.856. The molecule has 0 atom stereocenters. The van der Waals surface area contributed by atoms with Gasteiger partial charge in [0.2, 0.25) is 0 Å². The zero-order valence-electron chi connectivity index (χ0n) is 9.85. The van der Waals surface area contributed by atoms with E-state index in [0.29, 0.717) is 6.54 Å². The van der Waals surface area contributed by atoms with Crippen LogP contribution in [0.25, 0.3) is 0 Å². The van der Waals surface area contributed by atoms with E-state index in [1.165, 1.54) is 0 Å². The molecule has 0 aromatic carbocycles. The van der Waals surface area contributed by atoms with Gasteiger partial charge in [-0.1, -0.05) is 6.07 Å². The molecule has 0 spiro atoms. The number of nitrogens with zero attached hydrogens (tertiary/aromatic N) is 4. The molecule has 1 N–H and O–H groups in total. The molecular weight excluding hydrogens is 214 g/mol. The summed E-state index contributed by atoms with van der Waals surface area (Å²) < 4.78 is 0. The Morgan fingerprint density at radius 3 is 2.59 bits per heavy atom. The molecule has 5 heteroatoms. The lowest BCUT2D eigenvalue weighted by atomic mass is 10.3. The Morgan fingerprint density at radius 2 is 2.00 bits per heavy atom. The van der Waals surface area contributed by atoms with Gasteiger partial charge in [-0.05, 0) is 19.1 Å². The largest absolute Gasteiger partial charge is 0.370 e. The zero-order chi connectivity index (χ0) is 12.5. The van der Waals surface area contributed by atoms with Crippen molar-refractivity contribution in [2.24, 2.45) is 0 Å². The smallest absolute Gasteiger partial charge is 0.126 e. The highest BCUT2D eigenvalue weighted by Gasteiger charge is 2.06. The fraction of sp³-hybridized carbons (Fsp3) is 0.417. The summed E-state index contributed by atoms with van der Waals surface area (Å²) in [6, 6.07) is 9.79. The number of hydrogen-bond donors (Lipinski definition) is 1. The van der Waals surface area contributed by atoms with Crippen LogP contribution in [-0.4, -0.2) is 29.5 Å². The summed E-state index contributed by atoms with van der Waals surface area (Å²) in [5, 5.41) is 20.4. The molecule has 0 aliphatic heterocycles. The van der Waals surface area contributed by atoms with Gasteiger partial charge in [0.1, 0.15) is 5.82 Å². The molecular formula is C12H15N5. The Hall–Kier alpha value is -2.11. The molecule has 0 aliphatic rings. The molecule has 0 unspecified atom stereocenters. The van der Waals surface area contributed by atoms with Crippen LogP contribution in [0.3, 0.4) is 0 Å². The Kier molecular flexibility index (Phi) is 5.50. The highest BCUT2D eigenvalue weighted by molar-refractivity contribution is 5.35. The van der Waals surface area contributed by atoms with Crippen LogP contribution < -0.4 is 5.32 Å². The molecule has 5 nitrogen and oxygen atoms in total. The summed E-state index contributed by atoms with van der Waals surface area (Å²) >= 11 is 0. The van der Waals surface area contributed by atoms with Crippen molar-refractivity contribution in [1.82, 2.24) is 9.88 Å². The van der Waals surface area contributed by atoms with Crippen LogP contribution in [0.15, 0.2) is 18.2 Å². The first-order chi connectivity index (χ1) is 8.30. The van der Waals surface area contributed by atoms with Gasteiger partial charge in [-0.15, -0.1) is 0 Å². The normalized spacial score (nSPS) is 9.65. The van der Waals surface area contributed by atoms with Crippen molar-refractivity contribution in [3.05, 3.63) is 23.9 Å². The van der Waals surface area contributed by atoms with Gasteiger partial charge in [0, 0.05) is 13.1 Å². The van der Waals surface area contributed by atoms with Crippen molar-refractivity contribution in [3.8, 4) is 12.1 Å². The van der Waals surface area contributed by atoms with Gasteiger partial charge in [-0.25, -0.2) is 4.98 Å². The van der Waals surface area contributed by atoms with Gasteiger partial charge in [0.05, 0.1) is 30.9 Å². The zero-order valence-corrected chi connectivity index (χ0v) is 9.85. The summed E-state index contributed by atoms with van der Waals surface area (Å²) in [5.74, 6) is 0.818. The Bertz CT molecular complexity index is 413. The molecule has 0 bridgehead atoms. The molecule has 0 aliphatic carbocycles. The number of nitrogens with one attached hydrogen (secondary N) is 1. The lowest BCUT2D eigenvalue weighted by Crippen LogP contribution is -2.24. The van der Waals surface area contributed by atoms with Crippen LogP contribution in [0, 0.1) is 22.7 Å². The summed E-state index contributed by atoms with van der Waals surface area (Å²) in [7, 11) is 0. The van der Waals surface area contributed by atoms with Crippen LogP contribution >= 0.6 is 0 Å². The average molecular weight is 229 g/mol. The molecule has 88 valence electrons. The molecule has 1 aromatic rings. The minimum atomic E-state index is 0.237. The van der Waals surface area contributed by atoms with E-state index >= 15 is 0 Å². The lowest BCUT2D eigenvalue weighted by Gasteiger charge is -2.15. The minimum absolute atomic E-state index is 0.237. The van der Waals surface area contributed by atoms with Gasteiger partial charge in [-0.2, -0.15) is 10.5 Å². The third-order valence-corrected chi connectivity index (χ3v) is 2.14. The van der Waals surface area contributed by atoms with E-state index in [9.17, 15) is 0 Å². The third kappa shape index (κ3) is 4.50. The van der Waals surface area contributed by atoms with E-state index in [1.54, 1.807) is 4.90 Å². The maximum Gasteiger partial charge on any atom is 0.126 e. The van der Waals surface area contributed by atoms with Gasteiger partial charge in [0.15, 0.2) is 0 Å². The Morgan fingerprint density at radius 1 is 1.29 bits per heavy atom. The van der Waals surface area contributed by atoms with Gasteiger partial charge >= 0.3 is 0 Å². The third-order valence-electron chi connectivity index (χ3n) is 2.14. The molecule has 0 saturated carbocycles. The van der Waals surface area contributed by atoms with Crippen LogP contribution in [0.4, 0.5) is 5.82 Å². The van der Waals surface area contributed by atoms with Crippen molar-refractivity contribution in [2.75, 3.05) is 25.0 Å². The maximum absolute atomic E-state index is 8.65. The van der Waals surface area contributed by atoms with Crippen molar-refractivity contribution in [3.63, 3.8) is 0 Å². The van der Waals surface area contributed by atoms with Crippen LogP contribution in [0.5, 0.6) is 0 Å². The van der Waals surface area contributed by atoms with Gasteiger partial charge in [-0.3, -0.25) is 4.90 Å². The molecule has 0 fully saturated rings. The topological polar surface area (TPSA) is 75.7 Å². The monoisotopic (exact) mass is 229 g/mol. The first-order valence-corrected chi connectivity index (χ1v) is 5.46. The summed E-state index contributed by atoms with van der Waals surface area (Å²) in [6.07, 6.45) is 0. The van der Waals surface area contributed by atoms with Crippen molar-refractivity contribution >= 4 is 5.82 Å². The van der Waals surface area contributed by atoms with Gasteiger partial charge in [0.25, 0.3) is 0 Å². The van der Waals surface area contributed by atoms with E-state index in [2.05, 4.69) is 10.3 Å². The number of rotatable bonds is 6. The molecule has 1 heterocycles. The minimum Gasteiger partial charge on any atom is -0.370 e. The molecule has 0 radical (unpaired) electrons. The maximum atomic E-state index is 8.65. The predicted molar refractivity (Wildman–Crippen MR) is 64.9 cm³/mol. The Labute approximate surface area is 101 Å². The van der Waals surface area contributed by atoms with Gasteiger partial charge < -0.3 is 5.32 Å². The lowest BCUT2D eigenvalue weighted by molar-refractivity contribution is 0.331. The fourth-order valence-corrected chi connectivity index (χ4v) is 1.44. The Balaban J connectivity index is 2.69. The number of anilines is 1. The predicted octanol–water partition coefficient (Wildman–Crippen LogP) is 1.36. The van der Waals surface area contributed by atoms with Crippen molar-refractivity contribution < 1.29 is 0 Å². The number of aromatic nitrogens is 1. The van der Waals surface area contributed by atoms with E-state index in [0.717, 1.165) is 18.1 Å². The quantitative estimate of drug-likeness (QED) is 0.745. The molecule has 17 heavy (non-hydrogen) atoms. The molecule has 0 saturated heterocycles. The van der Waals surface area contributed by atoms with E-state index < -0.39 is 0 Å². The van der Waals surface area contributed by atoms with E-state index in [-0.39, 0.29) is 13.1 Å². The van der Waals surface area contributed by atoms with E-state index in [4.69, 9.17) is 10.5 Å². The second kappa shape index (κ2) is 7.21.